The Bertz CT molecular complexity index is 4130. The van der Waals surface area contributed by atoms with Gasteiger partial charge in [-0.25, -0.2) is 0 Å². The number of ether oxygens (including phenoxy) is 1. The van der Waals surface area contributed by atoms with E-state index >= 15 is 0 Å². The average Bonchev–Trinajstić information content (AvgIpc) is 0.874. The van der Waals surface area contributed by atoms with Gasteiger partial charge in [0.2, 0.25) is 0 Å². The number of rotatable bonds is 12. The summed E-state index contributed by atoms with van der Waals surface area (Å²) in [6, 6.07) is 86.6. The van der Waals surface area contributed by atoms with Crippen molar-refractivity contribution in [2.75, 3.05) is 0 Å². The third-order valence-corrected chi connectivity index (χ3v) is 12.4. The molecular weight excluding hydrogens is 2110 g/mol. The Morgan fingerprint density at radius 2 is 0.693 bits per heavy atom. The molecule has 0 aliphatic heterocycles. The van der Waals surface area contributed by atoms with Crippen LogP contribution >= 0.6 is 132 Å². The van der Waals surface area contributed by atoms with E-state index in [1.54, 1.807) is 67.3 Å². The normalized spacial score (nSPS) is 9.98. The van der Waals surface area contributed by atoms with Crippen molar-refractivity contribution >= 4 is 191 Å². The third-order valence-electron chi connectivity index (χ3n) is 12.4. The van der Waals surface area contributed by atoms with Gasteiger partial charge in [-0.15, -0.1) is 0 Å². The van der Waals surface area contributed by atoms with Crippen molar-refractivity contribution in [3.8, 4) is 40.2 Å². The van der Waals surface area contributed by atoms with E-state index in [1.165, 1.54) is 0 Å². The summed E-state index contributed by atoms with van der Waals surface area (Å²) in [6.07, 6.45) is 6.67. The fourth-order valence-corrected chi connectivity index (χ4v) is 7.88. The summed E-state index contributed by atoms with van der Waals surface area (Å²) in [5.41, 5.74) is 11.9. The van der Waals surface area contributed by atoms with E-state index in [0.29, 0.717) is 17.1 Å². The van der Waals surface area contributed by atoms with Gasteiger partial charge in [-0.1, -0.05) is 157 Å². The van der Waals surface area contributed by atoms with Crippen molar-refractivity contribution in [1.29, 1.82) is 0 Å². The molecule has 0 unspecified atom stereocenters. The first-order chi connectivity index (χ1) is 48.9. The van der Waals surface area contributed by atoms with Gasteiger partial charge in [0, 0.05) is 58.4 Å². The van der Waals surface area contributed by atoms with Crippen LogP contribution in [0.15, 0.2) is 304 Å². The molecule has 0 atom stereocenters. The van der Waals surface area contributed by atoms with Crippen molar-refractivity contribution in [2.24, 2.45) is 25.0 Å². The molecule has 0 saturated heterocycles. The van der Waals surface area contributed by atoms with Crippen LogP contribution in [-0.4, -0.2) is 56.1 Å². The van der Waals surface area contributed by atoms with Gasteiger partial charge in [0.25, 0.3) is 0 Å². The quantitative estimate of drug-likeness (QED) is 0.0602. The molecule has 0 aliphatic rings. The number of phenolic OH excluding ortho intramolecular Hbond substituents is 5. The molecule has 5 N–H and O–H groups in total. The van der Waals surface area contributed by atoms with E-state index in [1.807, 2.05) is 264 Å². The second-order valence-electron chi connectivity index (χ2n) is 19.5. The second-order valence-corrected chi connectivity index (χ2v) is 58.9. The van der Waals surface area contributed by atoms with Crippen molar-refractivity contribution < 1.29 is 105 Å². The Morgan fingerprint density at radius 3 is 1.14 bits per heavy atom. The molecule has 11 aromatic carbocycles. The number of aromatic hydroxyl groups is 5. The Hall–Kier alpha value is -3.06. The molecule has 0 amide bonds. The van der Waals surface area contributed by atoms with Crippen molar-refractivity contribution in [3.63, 3.8) is 0 Å². The van der Waals surface area contributed by atoms with E-state index < -0.39 is 0 Å². The Balaban J connectivity index is 0.000000410. The van der Waals surface area contributed by atoms with Gasteiger partial charge in [-0.05, 0) is 166 Å². The number of benzene rings is 11. The van der Waals surface area contributed by atoms with Crippen LogP contribution in [0.25, 0.3) is 0 Å². The molecule has 518 valence electrons. The molecule has 11 aromatic rings. The molecule has 0 fully saturated rings. The maximum atomic E-state index is 10.3. The minimum absolute atomic E-state index is 0.0750. The summed E-state index contributed by atoms with van der Waals surface area (Å²) < 4.78 is 5.69. The van der Waals surface area contributed by atoms with Crippen molar-refractivity contribution in [2.45, 2.75) is 27.7 Å². The van der Waals surface area contributed by atoms with Gasteiger partial charge in [-0.2, -0.15) is 0 Å². The molecule has 0 radical (unpaired) electrons. The Morgan fingerprint density at radius 1 is 0.327 bits per heavy atom. The molecule has 0 bridgehead atoms. The van der Waals surface area contributed by atoms with Crippen LogP contribution in [0.3, 0.4) is 0 Å². The maximum absolute atomic E-state index is 10.3. The fraction of sp³-hybridized carbons (Fsp3) is 0.0533. The first-order valence-electron chi connectivity index (χ1n) is 29.5. The molecule has 0 heterocycles. The number of hydrogen-bond acceptors (Lipinski definition) is 11. The number of para-hydroxylation sites is 8. The minimum atomic E-state index is 0.0750. The summed E-state index contributed by atoms with van der Waals surface area (Å²) in [5.74, 6) is 2.20. The van der Waals surface area contributed by atoms with Crippen LogP contribution in [0.4, 0.5) is 28.4 Å². The summed E-state index contributed by atoms with van der Waals surface area (Å²) >= 11 is 32.5. The van der Waals surface area contributed by atoms with Crippen LogP contribution in [0.2, 0.25) is 0 Å². The van der Waals surface area contributed by atoms with Gasteiger partial charge >= 0.3 is 206 Å². The monoisotopic (exact) mass is 2160 g/mol. The van der Waals surface area contributed by atoms with Crippen LogP contribution in [-0.2, 0) is 74.8 Å². The summed E-state index contributed by atoms with van der Waals surface area (Å²) in [7, 11) is 0. The molecule has 0 saturated carbocycles. The van der Waals surface area contributed by atoms with Crippen LogP contribution < -0.4 is 4.74 Å². The van der Waals surface area contributed by atoms with E-state index in [2.05, 4.69) is 157 Å². The number of aliphatic imine (C=N–C) groups is 5. The van der Waals surface area contributed by atoms with E-state index in [0.717, 1.165) is 73.1 Å². The predicted molar refractivity (Wildman–Crippen MR) is 444 cm³/mol. The SMILES string of the molecule is CC(=Nc1ccccc1)c1ccccc1O.Cc1ccc(C=Nc2ccccc2)c(O)c1.Cc1ccc(O)c(C=Nc2ccccc2)c1.Cc1cccc(O)c1C=Nc1ccccc1.Oc1c(C=Nc2ccccc2)cccc1Oc1ccccc1.[Br][Ti][Br].[Br][Ti][Br].[Br][Ti][Br].[Br][Ti][Br].[Br][Ti][Br]. The summed E-state index contributed by atoms with van der Waals surface area (Å²) in [6.45, 7) is 7.77. The average molecular weight is 2170 g/mol. The van der Waals surface area contributed by atoms with Crippen LogP contribution in [0.1, 0.15) is 51.4 Å². The second kappa shape index (κ2) is 61.0. The molecule has 11 nitrogen and oxygen atoms in total. The Kier molecular flexibility index (Phi) is 56.8. The van der Waals surface area contributed by atoms with Gasteiger partial charge in [-0.3, -0.25) is 25.0 Å². The zero-order valence-electron chi connectivity index (χ0n) is 54.5. The van der Waals surface area contributed by atoms with Gasteiger partial charge in [0.1, 0.15) is 28.7 Å². The zero-order chi connectivity index (χ0) is 74.3. The van der Waals surface area contributed by atoms with Gasteiger partial charge in [0.15, 0.2) is 11.5 Å². The first-order valence-corrected chi connectivity index (χ1v) is 68.0. The van der Waals surface area contributed by atoms with E-state index in [4.69, 9.17) is 4.74 Å². The number of hydrogen-bond donors (Lipinski definition) is 5. The molecule has 11 rings (SSSR count). The summed E-state index contributed by atoms with van der Waals surface area (Å²) in [4.78, 5) is 21.7. The molecule has 0 aromatic heterocycles. The predicted octanol–water partition coefficient (Wildman–Crippen LogP) is 27.3. The first kappa shape index (κ1) is 94.0. The number of nitrogens with zero attached hydrogens (tertiary/aromatic N) is 5. The molecule has 26 heteroatoms. The number of phenols is 5. The molecule has 0 spiro atoms. The zero-order valence-corrected chi connectivity index (χ0v) is 78.2. The fourth-order valence-electron chi connectivity index (χ4n) is 7.88. The van der Waals surface area contributed by atoms with Crippen LogP contribution in [0, 0.1) is 20.8 Å². The van der Waals surface area contributed by atoms with E-state index in [9.17, 15) is 25.5 Å². The third kappa shape index (κ3) is 43.4. The van der Waals surface area contributed by atoms with Crippen molar-refractivity contribution in [1.82, 2.24) is 0 Å². The van der Waals surface area contributed by atoms with Gasteiger partial charge in [0.05, 0.1) is 28.4 Å². The van der Waals surface area contributed by atoms with Crippen molar-refractivity contribution in [3.05, 3.63) is 324 Å². The number of halogens is 10. The summed E-state index contributed by atoms with van der Waals surface area (Å²) in [5, 5.41) is 49.0. The van der Waals surface area contributed by atoms with Crippen LogP contribution in [0.5, 0.6) is 40.2 Å². The number of aryl methyl sites for hydroxylation is 3. The molecule has 101 heavy (non-hydrogen) atoms. The molecular formula is C75H67Br10N5O6Ti5. The Labute approximate surface area is 701 Å². The topological polar surface area (TPSA) is 172 Å². The van der Waals surface area contributed by atoms with E-state index in [-0.39, 0.29) is 104 Å². The molecule has 0 aliphatic carbocycles. The standard InChI is InChI=1S/C19H15NO2.4C14H13NO.10BrH.5Ti/c21-19-15(14-20-16-9-3-1-4-10-16)8-7-13-18(19)22-17-11-5-2-6-12-17;1-11-6-5-9-14(16)13(11)10-15-12-7-3-2-4-8-12;1-11(13-9-5-6-10-14(13)16)15-12-7-3-2-4-8-12;1-11-7-8-14(16)12(9-11)10-15-13-5-3-2-4-6-13;1-11-7-8-12(14(16)9-11)10-15-13-5-3-2-4-6-13;;;;;;;;;;;;;;;/h1-14,21H;4*2-10,16H,1H3;10*1H;;;;;/q;;;;;;;;;;;;;;;5*+2/p-10. The van der Waals surface area contributed by atoms with Gasteiger partial charge < -0.3 is 30.3 Å².